The summed E-state index contributed by atoms with van der Waals surface area (Å²) in [6, 6.07) is 12.1. The molecule has 154 valence electrons. The van der Waals surface area contributed by atoms with Crippen LogP contribution in [0.2, 0.25) is 0 Å². The molecule has 0 unspecified atom stereocenters. The monoisotopic (exact) mass is 417 g/mol. The molecular weight excluding hydrogens is 394 g/mol. The smallest absolute Gasteiger partial charge is 0.240 e. The summed E-state index contributed by atoms with van der Waals surface area (Å²) in [4.78, 5) is 12.3. The summed E-state index contributed by atoms with van der Waals surface area (Å²) in [5.41, 5.74) is 2.62. The van der Waals surface area contributed by atoms with Crippen LogP contribution in [0.15, 0.2) is 47.6 Å². The van der Waals surface area contributed by atoms with E-state index in [2.05, 4.69) is 9.82 Å². The number of nitrogens with zero attached hydrogens (tertiary/aromatic N) is 2. The van der Waals surface area contributed by atoms with E-state index in [1.54, 1.807) is 38.5 Å². The number of para-hydroxylation sites is 1. The first kappa shape index (κ1) is 20.7. The van der Waals surface area contributed by atoms with E-state index in [1.165, 1.54) is 11.9 Å². The number of hydrogen-bond acceptors (Lipinski definition) is 6. The number of amides is 1. The van der Waals surface area contributed by atoms with Crippen LogP contribution in [0.1, 0.15) is 30.5 Å². The second kappa shape index (κ2) is 8.12. The van der Waals surface area contributed by atoms with Crippen molar-refractivity contribution in [3.63, 3.8) is 0 Å². The van der Waals surface area contributed by atoms with E-state index in [4.69, 9.17) is 9.47 Å². The lowest BCUT2D eigenvalue weighted by Gasteiger charge is -2.23. The highest BCUT2D eigenvalue weighted by Gasteiger charge is 2.34. The van der Waals surface area contributed by atoms with Gasteiger partial charge >= 0.3 is 0 Å². The molecule has 1 N–H and O–H groups in total. The molecule has 0 radical (unpaired) electrons. The SMILES string of the molecule is COc1cccc([C@H]2CC(c3cccc(NS(C)(=O)=O)c3)=NN2C(C)=O)c1OC. The number of benzene rings is 2. The summed E-state index contributed by atoms with van der Waals surface area (Å²) in [5.74, 6) is 0.914. The minimum absolute atomic E-state index is 0.208. The zero-order valence-electron chi connectivity index (χ0n) is 16.7. The Kier molecular flexibility index (Phi) is 5.78. The molecule has 8 nitrogen and oxygen atoms in total. The first-order chi connectivity index (χ1) is 13.7. The number of carbonyl (C=O) groups is 1. The number of carbonyl (C=O) groups excluding carboxylic acids is 1. The predicted octanol–water partition coefficient (Wildman–Crippen LogP) is 2.77. The molecule has 1 aliphatic heterocycles. The Morgan fingerprint density at radius 1 is 1.17 bits per heavy atom. The van der Waals surface area contributed by atoms with Crippen molar-refractivity contribution in [2.75, 3.05) is 25.2 Å². The highest BCUT2D eigenvalue weighted by molar-refractivity contribution is 7.92. The Morgan fingerprint density at radius 3 is 2.52 bits per heavy atom. The molecule has 9 heteroatoms. The molecule has 0 saturated heterocycles. The van der Waals surface area contributed by atoms with Gasteiger partial charge in [0.15, 0.2) is 11.5 Å². The molecule has 29 heavy (non-hydrogen) atoms. The van der Waals surface area contributed by atoms with Gasteiger partial charge in [0.1, 0.15) is 0 Å². The fourth-order valence-corrected chi connectivity index (χ4v) is 3.92. The molecule has 1 atom stereocenters. The van der Waals surface area contributed by atoms with E-state index in [-0.39, 0.29) is 11.9 Å². The maximum Gasteiger partial charge on any atom is 0.240 e. The number of hydrogen-bond donors (Lipinski definition) is 1. The molecule has 0 bridgehead atoms. The van der Waals surface area contributed by atoms with Gasteiger partial charge < -0.3 is 9.47 Å². The normalized spacial score (nSPS) is 16.3. The Morgan fingerprint density at radius 2 is 1.90 bits per heavy atom. The first-order valence-corrected chi connectivity index (χ1v) is 10.8. The lowest BCUT2D eigenvalue weighted by Crippen LogP contribution is -2.24. The van der Waals surface area contributed by atoms with Crippen LogP contribution in [-0.4, -0.2) is 45.5 Å². The Balaban J connectivity index is 1.99. The lowest BCUT2D eigenvalue weighted by molar-refractivity contribution is -0.130. The van der Waals surface area contributed by atoms with Crippen molar-refractivity contribution in [3.05, 3.63) is 53.6 Å². The minimum atomic E-state index is -3.40. The van der Waals surface area contributed by atoms with Crippen LogP contribution in [0.5, 0.6) is 11.5 Å². The van der Waals surface area contributed by atoms with Crippen LogP contribution in [0.4, 0.5) is 5.69 Å². The van der Waals surface area contributed by atoms with Crippen LogP contribution < -0.4 is 14.2 Å². The summed E-state index contributed by atoms with van der Waals surface area (Å²) in [6.45, 7) is 1.45. The van der Waals surface area contributed by atoms with Gasteiger partial charge in [0.25, 0.3) is 0 Å². The van der Waals surface area contributed by atoms with Gasteiger partial charge in [-0.25, -0.2) is 13.4 Å². The van der Waals surface area contributed by atoms with Crippen LogP contribution in [0.3, 0.4) is 0 Å². The van der Waals surface area contributed by atoms with Gasteiger partial charge in [-0.1, -0.05) is 24.3 Å². The van der Waals surface area contributed by atoms with Crippen LogP contribution in [-0.2, 0) is 14.8 Å². The average Bonchev–Trinajstić information content (AvgIpc) is 3.11. The second-order valence-electron chi connectivity index (χ2n) is 6.67. The second-order valence-corrected chi connectivity index (χ2v) is 8.42. The molecule has 2 aromatic rings. The molecule has 0 saturated carbocycles. The van der Waals surface area contributed by atoms with Gasteiger partial charge in [0.05, 0.1) is 32.2 Å². The van der Waals surface area contributed by atoms with E-state index < -0.39 is 10.0 Å². The van der Waals surface area contributed by atoms with E-state index in [0.717, 1.165) is 17.4 Å². The topological polar surface area (TPSA) is 97.3 Å². The van der Waals surface area contributed by atoms with Gasteiger partial charge in [-0.05, 0) is 23.8 Å². The van der Waals surface area contributed by atoms with Crippen molar-refractivity contribution < 1.29 is 22.7 Å². The lowest BCUT2D eigenvalue weighted by atomic mass is 9.97. The van der Waals surface area contributed by atoms with Crippen molar-refractivity contribution >= 4 is 27.3 Å². The highest BCUT2D eigenvalue weighted by Crippen LogP contribution is 2.41. The van der Waals surface area contributed by atoms with Crippen molar-refractivity contribution in [2.24, 2.45) is 5.10 Å². The molecule has 0 spiro atoms. The van der Waals surface area contributed by atoms with Crippen molar-refractivity contribution in [1.82, 2.24) is 5.01 Å². The quantitative estimate of drug-likeness (QED) is 0.779. The van der Waals surface area contributed by atoms with Gasteiger partial charge in [-0.3, -0.25) is 9.52 Å². The third-order valence-electron chi connectivity index (χ3n) is 4.52. The van der Waals surface area contributed by atoms with Crippen molar-refractivity contribution in [2.45, 2.75) is 19.4 Å². The fourth-order valence-electron chi connectivity index (χ4n) is 3.37. The van der Waals surface area contributed by atoms with Gasteiger partial charge in [-0.2, -0.15) is 5.10 Å². The standard InChI is InChI=1S/C20H23N3O5S/c1-13(24)23-18(16-9-6-10-19(27-2)20(16)28-3)12-17(21-23)14-7-5-8-15(11-14)22-29(4,25)26/h5-11,18,22H,12H2,1-4H3/t18-/m1/s1. The summed E-state index contributed by atoms with van der Waals surface area (Å²) in [6.07, 6.45) is 1.54. The molecule has 1 heterocycles. The Labute approximate surface area is 170 Å². The molecule has 1 aliphatic rings. The summed E-state index contributed by atoms with van der Waals surface area (Å²) >= 11 is 0. The first-order valence-electron chi connectivity index (χ1n) is 8.90. The third-order valence-corrected chi connectivity index (χ3v) is 5.13. The highest BCUT2D eigenvalue weighted by atomic mass is 32.2. The third kappa shape index (κ3) is 4.51. The zero-order chi connectivity index (χ0) is 21.2. The molecule has 0 fully saturated rings. The van der Waals surface area contributed by atoms with Gasteiger partial charge in [0, 0.05) is 24.6 Å². The van der Waals surface area contributed by atoms with Crippen LogP contribution in [0.25, 0.3) is 0 Å². The summed E-state index contributed by atoms with van der Waals surface area (Å²) in [5, 5.41) is 5.93. The molecule has 1 amide bonds. The maximum absolute atomic E-state index is 12.3. The number of anilines is 1. The average molecular weight is 417 g/mol. The number of ether oxygens (including phenoxy) is 2. The molecule has 2 aromatic carbocycles. The van der Waals surface area contributed by atoms with E-state index >= 15 is 0 Å². The molecule has 0 aliphatic carbocycles. The Hall–Kier alpha value is -3.07. The maximum atomic E-state index is 12.3. The number of sulfonamides is 1. The van der Waals surface area contributed by atoms with Gasteiger partial charge in [0.2, 0.25) is 15.9 Å². The van der Waals surface area contributed by atoms with Crippen molar-refractivity contribution in [1.29, 1.82) is 0 Å². The number of hydrazone groups is 1. The minimum Gasteiger partial charge on any atom is -0.493 e. The zero-order valence-corrected chi connectivity index (χ0v) is 17.5. The fraction of sp³-hybridized carbons (Fsp3) is 0.300. The van der Waals surface area contributed by atoms with Gasteiger partial charge in [-0.15, -0.1) is 0 Å². The van der Waals surface area contributed by atoms with E-state index in [9.17, 15) is 13.2 Å². The summed E-state index contributed by atoms with van der Waals surface area (Å²) in [7, 11) is -0.288. The van der Waals surface area contributed by atoms with Crippen LogP contribution >= 0.6 is 0 Å². The van der Waals surface area contributed by atoms with E-state index in [0.29, 0.717) is 29.3 Å². The van der Waals surface area contributed by atoms with E-state index in [1.807, 2.05) is 18.2 Å². The Bertz CT molecular complexity index is 1070. The number of rotatable bonds is 6. The molecular formula is C20H23N3O5S. The largest absolute Gasteiger partial charge is 0.493 e. The van der Waals surface area contributed by atoms with Crippen LogP contribution in [0, 0.1) is 0 Å². The van der Waals surface area contributed by atoms with Crippen molar-refractivity contribution in [3.8, 4) is 11.5 Å². The summed E-state index contributed by atoms with van der Waals surface area (Å²) < 4.78 is 36.4. The predicted molar refractivity (Wildman–Crippen MR) is 111 cm³/mol. The molecule has 0 aromatic heterocycles. The number of methoxy groups -OCH3 is 2. The number of nitrogens with one attached hydrogen (secondary N) is 1. The molecule has 3 rings (SSSR count).